The van der Waals surface area contributed by atoms with Gasteiger partial charge in [0, 0.05) is 28.2 Å². The van der Waals surface area contributed by atoms with Gasteiger partial charge in [0.25, 0.3) is 0 Å². The van der Waals surface area contributed by atoms with Crippen LogP contribution in [0.15, 0.2) is 48.5 Å². The maximum atomic E-state index is 13.0. The first kappa shape index (κ1) is 24.6. The maximum absolute atomic E-state index is 13.0. The van der Waals surface area contributed by atoms with E-state index in [9.17, 15) is 23.0 Å². The fraction of sp³-hybridized carbons (Fsp3) is 0.375. The molecule has 2 aromatic carbocycles. The summed E-state index contributed by atoms with van der Waals surface area (Å²) >= 11 is 0. The Balaban J connectivity index is 1.61. The molecule has 0 aliphatic heterocycles. The van der Waals surface area contributed by atoms with E-state index in [1.807, 2.05) is 19.1 Å². The Morgan fingerprint density at radius 3 is 2.24 bits per heavy atom. The van der Waals surface area contributed by atoms with Crippen LogP contribution in [0, 0.1) is 12.7 Å². The lowest BCUT2D eigenvalue weighted by Crippen LogP contribution is -2.45. The third-order valence-corrected chi connectivity index (χ3v) is 6.53. The van der Waals surface area contributed by atoms with E-state index in [0.29, 0.717) is 11.4 Å². The summed E-state index contributed by atoms with van der Waals surface area (Å²) in [5.74, 6) is -2.55. The number of halogens is 1. The Hall–Kier alpha value is -3.07. The second kappa shape index (κ2) is 11.7. The van der Waals surface area contributed by atoms with Gasteiger partial charge in [-0.3, -0.25) is 18.6 Å². The number of carbonyl (C=O) groups excluding carboxylic acids is 3. The number of benzene rings is 2. The quantitative estimate of drug-likeness (QED) is 0.585. The number of rotatable bonds is 9. The zero-order chi connectivity index (χ0) is 23.8. The topological polar surface area (TPSA) is 95.6 Å². The first-order valence-electron chi connectivity index (χ1n) is 10.9. The van der Waals surface area contributed by atoms with E-state index in [1.165, 1.54) is 29.2 Å². The minimum atomic E-state index is -1.78. The van der Waals surface area contributed by atoms with Crippen LogP contribution in [-0.4, -0.2) is 46.0 Å². The van der Waals surface area contributed by atoms with Gasteiger partial charge in [-0.1, -0.05) is 30.5 Å². The van der Waals surface area contributed by atoms with E-state index < -0.39 is 34.2 Å². The minimum absolute atomic E-state index is 0.122. The van der Waals surface area contributed by atoms with E-state index in [4.69, 9.17) is 0 Å². The molecule has 2 N–H and O–H groups in total. The van der Waals surface area contributed by atoms with E-state index in [2.05, 4.69) is 10.6 Å². The predicted molar refractivity (Wildman–Crippen MR) is 127 cm³/mol. The monoisotopic (exact) mass is 473 g/mol. The molecule has 0 heterocycles. The molecule has 1 fully saturated rings. The summed E-state index contributed by atoms with van der Waals surface area (Å²) in [5, 5.41) is 5.49. The molecule has 1 atom stereocenters. The Kier molecular flexibility index (Phi) is 8.71. The molecule has 7 nitrogen and oxygen atoms in total. The van der Waals surface area contributed by atoms with Gasteiger partial charge in [-0.05, 0) is 56.2 Å². The largest absolute Gasteiger partial charge is 0.352 e. The van der Waals surface area contributed by atoms with Gasteiger partial charge in [0.15, 0.2) is 0 Å². The van der Waals surface area contributed by atoms with Crippen molar-refractivity contribution < 1.29 is 23.0 Å². The van der Waals surface area contributed by atoms with Crippen LogP contribution < -0.4 is 15.5 Å². The predicted octanol–water partition coefficient (Wildman–Crippen LogP) is 2.91. The number of anilines is 2. The SMILES string of the molecule is Cc1ccc(N(CC(=O)NC2CCCC2)C(=O)CS(=O)CC(=O)Nc2ccc(F)cc2)cc1. The first-order chi connectivity index (χ1) is 15.8. The van der Waals surface area contributed by atoms with Gasteiger partial charge in [0.2, 0.25) is 17.7 Å². The van der Waals surface area contributed by atoms with Crippen molar-refractivity contribution in [3.8, 4) is 0 Å². The molecule has 0 saturated heterocycles. The Labute approximate surface area is 195 Å². The van der Waals surface area contributed by atoms with Crippen LogP contribution in [0.5, 0.6) is 0 Å². The van der Waals surface area contributed by atoms with Crippen molar-refractivity contribution in [3.63, 3.8) is 0 Å². The van der Waals surface area contributed by atoms with Crippen molar-refractivity contribution in [1.29, 1.82) is 0 Å². The smallest absolute Gasteiger partial charge is 0.240 e. The van der Waals surface area contributed by atoms with Gasteiger partial charge >= 0.3 is 0 Å². The van der Waals surface area contributed by atoms with E-state index >= 15 is 0 Å². The summed E-state index contributed by atoms with van der Waals surface area (Å²) in [6, 6.07) is 12.4. The van der Waals surface area contributed by atoms with Crippen molar-refractivity contribution >= 4 is 39.9 Å². The zero-order valence-electron chi connectivity index (χ0n) is 18.5. The number of hydrogen-bond donors (Lipinski definition) is 2. The minimum Gasteiger partial charge on any atom is -0.352 e. The molecule has 2 aromatic rings. The molecule has 1 unspecified atom stereocenters. The van der Waals surface area contributed by atoms with Gasteiger partial charge in [-0.15, -0.1) is 0 Å². The maximum Gasteiger partial charge on any atom is 0.240 e. The lowest BCUT2D eigenvalue weighted by Gasteiger charge is -2.23. The van der Waals surface area contributed by atoms with E-state index in [0.717, 1.165) is 31.2 Å². The molecule has 176 valence electrons. The van der Waals surface area contributed by atoms with Crippen LogP contribution in [0.25, 0.3) is 0 Å². The van der Waals surface area contributed by atoms with Crippen LogP contribution in [0.1, 0.15) is 31.2 Å². The van der Waals surface area contributed by atoms with Crippen LogP contribution in [0.2, 0.25) is 0 Å². The van der Waals surface area contributed by atoms with Crippen molar-refractivity contribution in [2.45, 2.75) is 38.6 Å². The molecule has 33 heavy (non-hydrogen) atoms. The highest BCUT2D eigenvalue weighted by Gasteiger charge is 2.24. The first-order valence-corrected chi connectivity index (χ1v) is 12.4. The number of hydrogen-bond acceptors (Lipinski definition) is 4. The van der Waals surface area contributed by atoms with Gasteiger partial charge in [-0.2, -0.15) is 0 Å². The van der Waals surface area contributed by atoms with Gasteiger partial charge in [0.05, 0.1) is 0 Å². The molecule has 3 amide bonds. The number of carbonyl (C=O) groups is 3. The molecule has 0 bridgehead atoms. The van der Waals surface area contributed by atoms with Crippen molar-refractivity contribution in [2.24, 2.45) is 0 Å². The molecular formula is C24H28FN3O4S. The van der Waals surface area contributed by atoms with E-state index in [-0.39, 0.29) is 24.2 Å². The van der Waals surface area contributed by atoms with Crippen molar-refractivity contribution in [3.05, 3.63) is 59.9 Å². The van der Waals surface area contributed by atoms with Gasteiger partial charge in [-0.25, -0.2) is 4.39 Å². The lowest BCUT2D eigenvalue weighted by molar-refractivity contribution is -0.123. The highest BCUT2D eigenvalue weighted by molar-refractivity contribution is 7.86. The third-order valence-electron chi connectivity index (χ3n) is 5.37. The highest BCUT2D eigenvalue weighted by atomic mass is 32.2. The molecule has 0 aromatic heterocycles. The molecule has 0 radical (unpaired) electrons. The van der Waals surface area contributed by atoms with Crippen LogP contribution >= 0.6 is 0 Å². The third kappa shape index (κ3) is 7.78. The molecule has 1 saturated carbocycles. The molecule has 9 heteroatoms. The second-order valence-electron chi connectivity index (χ2n) is 8.15. The summed E-state index contributed by atoms with van der Waals surface area (Å²) in [5.41, 5.74) is 1.90. The summed E-state index contributed by atoms with van der Waals surface area (Å²) in [4.78, 5) is 39.0. The fourth-order valence-electron chi connectivity index (χ4n) is 3.68. The number of nitrogens with one attached hydrogen (secondary N) is 2. The van der Waals surface area contributed by atoms with Crippen LogP contribution in [0.3, 0.4) is 0 Å². The number of amides is 3. The van der Waals surface area contributed by atoms with Gasteiger partial charge in [0.1, 0.15) is 23.9 Å². The fourth-order valence-corrected chi connectivity index (χ4v) is 4.58. The summed E-state index contributed by atoms with van der Waals surface area (Å²) in [6.07, 6.45) is 4.00. The molecule has 0 spiro atoms. The summed E-state index contributed by atoms with van der Waals surface area (Å²) in [7, 11) is -1.78. The lowest BCUT2D eigenvalue weighted by atomic mass is 10.2. The van der Waals surface area contributed by atoms with Crippen LogP contribution in [0.4, 0.5) is 15.8 Å². The highest BCUT2D eigenvalue weighted by Crippen LogP contribution is 2.19. The van der Waals surface area contributed by atoms with Crippen molar-refractivity contribution in [2.75, 3.05) is 28.3 Å². The normalized spacial score (nSPS) is 14.5. The Morgan fingerprint density at radius 2 is 1.61 bits per heavy atom. The van der Waals surface area contributed by atoms with Crippen molar-refractivity contribution in [1.82, 2.24) is 5.32 Å². The summed E-state index contributed by atoms with van der Waals surface area (Å²) < 4.78 is 25.5. The molecule has 1 aliphatic rings. The van der Waals surface area contributed by atoms with Crippen LogP contribution in [-0.2, 0) is 25.2 Å². The van der Waals surface area contributed by atoms with Gasteiger partial charge < -0.3 is 15.5 Å². The Morgan fingerprint density at radius 1 is 0.970 bits per heavy atom. The molecular weight excluding hydrogens is 445 g/mol. The van der Waals surface area contributed by atoms with E-state index in [1.54, 1.807) is 12.1 Å². The second-order valence-corrected chi connectivity index (χ2v) is 9.60. The Bertz CT molecular complexity index is 1010. The number of nitrogens with zero attached hydrogens (tertiary/aromatic N) is 1. The molecule has 1 aliphatic carbocycles. The zero-order valence-corrected chi connectivity index (χ0v) is 19.3. The standard InChI is InChI=1S/C24H28FN3O4S/c1-17-6-12-21(13-7-17)28(14-22(29)26-19-4-2-3-5-19)24(31)16-33(32)15-23(30)27-20-10-8-18(25)9-11-20/h6-13,19H,2-5,14-16H2,1H3,(H,26,29)(H,27,30). The number of aryl methyl sites for hydroxylation is 1. The average Bonchev–Trinajstić information content (AvgIpc) is 3.27. The average molecular weight is 474 g/mol. The molecule has 3 rings (SSSR count). The summed E-state index contributed by atoms with van der Waals surface area (Å²) in [6.45, 7) is 1.73.